The first-order valence-electron chi connectivity index (χ1n) is 3.97. The van der Waals surface area contributed by atoms with Crippen LogP contribution in [0.5, 0.6) is 0 Å². The molecule has 0 bridgehead atoms. The Kier molecular flexibility index (Phi) is 4.65. The molecule has 0 heterocycles. The van der Waals surface area contributed by atoms with Crippen LogP contribution in [0.1, 0.15) is 20.8 Å². The monoisotopic (exact) mass is 160 g/mol. The topological polar surface area (TPSA) is 47.3 Å². The third kappa shape index (κ3) is 7.78. The van der Waals surface area contributed by atoms with Gasteiger partial charge in [0.1, 0.15) is 0 Å². The Morgan fingerprint density at radius 1 is 1.55 bits per heavy atom. The summed E-state index contributed by atoms with van der Waals surface area (Å²) in [5.74, 6) is 0. The Bertz CT molecular complexity index is 98.8. The molecule has 0 fully saturated rings. The van der Waals surface area contributed by atoms with E-state index < -0.39 is 0 Å². The first kappa shape index (κ1) is 10.9. The van der Waals surface area contributed by atoms with Crippen molar-refractivity contribution in [1.82, 2.24) is 5.32 Å². The highest BCUT2D eigenvalue weighted by molar-refractivity contribution is 4.76. The van der Waals surface area contributed by atoms with Crippen LogP contribution in [0, 0.1) is 0 Å². The number of rotatable bonds is 5. The molecule has 68 valence electrons. The van der Waals surface area contributed by atoms with Crippen molar-refractivity contribution in [3.8, 4) is 0 Å². The Balaban J connectivity index is 3.38. The summed E-state index contributed by atoms with van der Waals surface area (Å²) in [6, 6.07) is 0.378. The molecule has 3 nitrogen and oxygen atoms in total. The molecule has 0 aliphatic heterocycles. The van der Waals surface area contributed by atoms with E-state index in [2.05, 4.69) is 12.2 Å². The number of ether oxygens (including phenoxy) is 1. The number of nitrogens with two attached hydrogens (primary N) is 1. The summed E-state index contributed by atoms with van der Waals surface area (Å²) in [5, 5.41) is 3.27. The molecule has 0 amide bonds. The number of hydrogen-bond acceptors (Lipinski definition) is 3. The molecule has 0 spiro atoms. The second-order valence-electron chi connectivity index (χ2n) is 3.73. The first-order chi connectivity index (χ1) is 4.95. The molecule has 0 aromatic rings. The molecule has 0 aromatic heterocycles. The number of hydrogen-bond donors (Lipinski definition) is 2. The van der Waals surface area contributed by atoms with Crippen molar-refractivity contribution in [1.29, 1.82) is 0 Å². The van der Waals surface area contributed by atoms with Gasteiger partial charge in [0.25, 0.3) is 0 Å². The van der Waals surface area contributed by atoms with Gasteiger partial charge in [0.05, 0.1) is 6.61 Å². The minimum Gasteiger partial charge on any atom is -0.383 e. The van der Waals surface area contributed by atoms with Gasteiger partial charge in [-0.1, -0.05) is 0 Å². The van der Waals surface area contributed by atoms with Crippen LogP contribution < -0.4 is 11.1 Å². The quantitative estimate of drug-likeness (QED) is 0.610. The van der Waals surface area contributed by atoms with E-state index in [4.69, 9.17) is 10.5 Å². The van der Waals surface area contributed by atoms with Gasteiger partial charge in [-0.25, -0.2) is 0 Å². The van der Waals surface area contributed by atoms with Crippen molar-refractivity contribution < 1.29 is 4.74 Å². The largest absolute Gasteiger partial charge is 0.383 e. The fraction of sp³-hybridized carbons (Fsp3) is 1.00. The standard InChI is InChI=1S/C8H20N2O/c1-7(5-11-4)10-6-8(2,3)9/h7,10H,5-6,9H2,1-4H3. The normalized spacial score (nSPS) is 15.0. The molecule has 0 saturated heterocycles. The highest BCUT2D eigenvalue weighted by Crippen LogP contribution is 1.94. The summed E-state index contributed by atoms with van der Waals surface area (Å²) in [6.45, 7) is 7.63. The fourth-order valence-electron chi connectivity index (χ4n) is 0.746. The van der Waals surface area contributed by atoms with Gasteiger partial charge in [-0.2, -0.15) is 0 Å². The lowest BCUT2D eigenvalue weighted by Crippen LogP contribution is -2.46. The van der Waals surface area contributed by atoms with Crippen molar-refractivity contribution in [3.05, 3.63) is 0 Å². The third-order valence-electron chi connectivity index (χ3n) is 1.32. The maximum atomic E-state index is 5.78. The van der Waals surface area contributed by atoms with E-state index in [-0.39, 0.29) is 5.54 Å². The van der Waals surface area contributed by atoms with Crippen LogP contribution in [-0.2, 0) is 4.74 Å². The van der Waals surface area contributed by atoms with Crippen molar-refractivity contribution in [2.45, 2.75) is 32.4 Å². The molecule has 0 aromatic carbocycles. The van der Waals surface area contributed by atoms with Crippen molar-refractivity contribution in [3.63, 3.8) is 0 Å². The van der Waals surface area contributed by atoms with Gasteiger partial charge in [0, 0.05) is 25.2 Å². The van der Waals surface area contributed by atoms with Crippen LogP contribution in [0.4, 0.5) is 0 Å². The van der Waals surface area contributed by atoms with Gasteiger partial charge in [-0.15, -0.1) is 0 Å². The molecule has 3 N–H and O–H groups in total. The maximum absolute atomic E-state index is 5.78. The highest BCUT2D eigenvalue weighted by atomic mass is 16.5. The van der Waals surface area contributed by atoms with Crippen LogP contribution in [0.3, 0.4) is 0 Å². The lowest BCUT2D eigenvalue weighted by Gasteiger charge is -2.22. The van der Waals surface area contributed by atoms with Gasteiger partial charge >= 0.3 is 0 Å². The SMILES string of the molecule is COCC(C)NCC(C)(C)N. The Morgan fingerprint density at radius 2 is 2.09 bits per heavy atom. The maximum Gasteiger partial charge on any atom is 0.0613 e. The molecule has 0 aliphatic rings. The zero-order valence-corrected chi connectivity index (χ0v) is 7.98. The molecule has 0 radical (unpaired) electrons. The summed E-state index contributed by atoms with van der Waals surface area (Å²) < 4.78 is 4.97. The predicted molar refractivity (Wildman–Crippen MR) is 47.6 cm³/mol. The van der Waals surface area contributed by atoms with Crippen LogP contribution >= 0.6 is 0 Å². The second kappa shape index (κ2) is 4.70. The van der Waals surface area contributed by atoms with E-state index in [1.807, 2.05) is 13.8 Å². The van der Waals surface area contributed by atoms with Gasteiger partial charge in [-0.05, 0) is 20.8 Å². The molecule has 0 saturated carbocycles. The van der Waals surface area contributed by atoms with Gasteiger partial charge in [0.15, 0.2) is 0 Å². The van der Waals surface area contributed by atoms with Crippen LogP contribution in [-0.4, -0.2) is 31.8 Å². The molecule has 1 atom stereocenters. The smallest absolute Gasteiger partial charge is 0.0613 e. The summed E-state index contributed by atoms with van der Waals surface area (Å²) in [5.41, 5.74) is 5.64. The fourth-order valence-corrected chi connectivity index (χ4v) is 0.746. The van der Waals surface area contributed by atoms with Crippen LogP contribution in [0.15, 0.2) is 0 Å². The third-order valence-corrected chi connectivity index (χ3v) is 1.32. The summed E-state index contributed by atoms with van der Waals surface area (Å²) in [4.78, 5) is 0. The Labute approximate surface area is 69.3 Å². The molecular weight excluding hydrogens is 140 g/mol. The molecule has 0 aliphatic carbocycles. The van der Waals surface area contributed by atoms with E-state index >= 15 is 0 Å². The average Bonchev–Trinajstić information content (AvgIpc) is 1.83. The molecular formula is C8H20N2O. The van der Waals surface area contributed by atoms with E-state index in [0.29, 0.717) is 6.04 Å². The second-order valence-corrected chi connectivity index (χ2v) is 3.73. The molecule has 0 rings (SSSR count). The minimum absolute atomic E-state index is 0.137. The van der Waals surface area contributed by atoms with Gasteiger partial charge in [-0.3, -0.25) is 0 Å². The van der Waals surface area contributed by atoms with E-state index in [1.54, 1.807) is 7.11 Å². The van der Waals surface area contributed by atoms with Gasteiger partial charge in [0.2, 0.25) is 0 Å². The number of methoxy groups -OCH3 is 1. The lowest BCUT2D eigenvalue weighted by molar-refractivity contribution is 0.169. The minimum atomic E-state index is -0.137. The average molecular weight is 160 g/mol. The molecule has 1 unspecified atom stereocenters. The van der Waals surface area contributed by atoms with Crippen LogP contribution in [0.25, 0.3) is 0 Å². The molecule has 11 heavy (non-hydrogen) atoms. The summed E-state index contributed by atoms with van der Waals surface area (Å²) in [7, 11) is 1.70. The number of nitrogens with one attached hydrogen (secondary N) is 1. The summed E-state index contributed by atoms with van der Waals surface area (Å²) in [6.07, 6.45) is 0. The molecule has 3 heteroatoms. The summed E-state index contributed by atoms with van der Waals surface area (Å²) >= 11 is 0. The van der Waals surface area contributed by atoms with Crippen molar-refractivity contribution in [2.75, 3.05) is 20.3 Å². The van der Waals surface area contributed by atoms with Gasteiger partial charge < -0.3 is 15.8 Å². The zero-order chi connectivity index (χ0) is 8.91. The van der Waals surface area contributed by atoms with Crippen molar-refractivity contribution >= 4 is 0 Å². The first-order valence-corrected chi connectivity index (χ1v) is 3.97. The Hall–Kier alpha value is -0.120. The van der Waals surface area contributed by atoms with Crippen molar-refractivity contribution in [2.24, 2.45) is 5.73 Å². The van der Waals surface area contributed by atoms with E-state index in [1.165, 1.54) is 0 Å². The highest BCUT2D eigenvalue weighted by Gasteiger charge is 2.11. The predicted octanol–water partition coefficient (Wildman–Crippen LogP) is 0.348. The van der Waals surface area contributed by atoms with E-state index in [9.17, 15) is 0 Å². The van der Waals surface area contributed by atoms with E-state index in [0.717, 1.165) is 13.2 Å². The lowest BCUT2D eigenvalue weighted by atomic mass is 10.1. The van der Waals surface area contributed by atoms with Crippen LogP contribution in [0.2, 0.25) is 0 Å². The Morgan fingerprint density at radius 3 is 2.45 bits per heavy atom. The zero-order valence-electron chi connectivity index (χ0n) is 7.98.